The highest BCUT2D eigenvalue weighted by Gasteiger charge is 2.20. The average molecular weight is 1140 g/mol. The Hall–Kier alpha value is -3.20. The summed E-state index contributed by atoms with van der Waals surface area (Å²) in [7, 11) is -22.7. The molecule has 37 heteroatoms. The van der Waals surface area contributed by atoms with Gasteiger partial charge in [0.25, 0.3) is 23.5 Å². The summed E-state index contributed by atoms with van der Waals surface area (Å²) in [5, 5.41) is 26.0. The van der Waals surface area contributed by atoms with E-state index < -0.39 is 110 Å². The van der Waals surface area contributed by atoms with Crippen molar-refractivity contribution in [1.29, 1.82) is 0 Å². The van der Waals surface area contributed by atoms with Crippen molar-refractivity contribution < 1.29 is 143 Å². The van der Waals surface area contributed by atoms with Gasteiger partial charge in [0.05, 0.1) is 39.6 Å². The first kappa shape index (κ1) is 87.5. The molecule has 0 heterocycles. The van der Waals surface area contributed by atoms with Crippen molar-refractivity contribution in [3.8, 4) is 0 Å². The first-order chi connectivity index (χ1) is 33.7. The van der Waals surface area contributed by atoms with Gasteiger partial charge in [0.1, 0.15) is 25.7 Å². The van der Waals surface area contributed by atoms with Gasteiger partial charge in [-0.2, -0.15) is 5.54 Å². The highest BCUT2D eigenvalue weighted by atomic mass is 31.2. The van der Waals surface area contributed by atoms with Crippen LogP contribution in [0, 0.1) is 11.8 Å². The van der Waals surface area contributed by atoms with Crippen molar-refractivity contribution in [1.82, 2.24) is 10.9 Å². The van der Waals surface area contributed by atoms with E-state index in [0.717, 1.165) is 12.2 Å². The Morgan fingerprint density at radius 1 is 0.479 bits per heavy atom. The van der Waals surface area contributed by atoms with Gasteiger partial charge in [0, 0.05) is 51.7 Å². The lowest BCUT2D eigenvalue weighted by atomic mass is 10.2. The van der Waals surface area contributed by atoms with Crippen LogP contribution in [0.3, 0.4) is 0 Å². The molecule has 0 aromatic heterocycles. The van der Waals surface area contributed by atoms with E-state index in [2.05, 4.69) is 197 Å². The number of halogens is 1. The third-order valence-electron chi connectivity index (χ3n) is 4.52. The van der Waals surface area contributed by atoms with Crippen LogP contribution < -0.4 is 35.3 Å². The van der Waals surface area contributed by atoms with Crippen LogP contribution >= 0.6 is 38.9 Å². The van der Waals surface area contributed by atoms with Gasteiger partial charge < -0.3 is 80.6 Å². The molecule has 3 N–H and O–H groups in total. The molecule has 0 aromatic carbocycles. The summed E-state index contributed by atoms with van der Waals surface area (Å²) in [5.41, 5.74) is 1.16. The molecular formula is C34H67FN2O29P5-5. The molecule has 0 aromatic rings. The zero-order valence-electron chi connectivity index (χ0n) is 39.3. The number of phosphoric acid groups is 4. The van der Waals surface area contributed by atoms with Crippen LogP contribution in [0.25, 0.3) is 0 Å². The van der Waals surface area contributed by atoms with Crippen LogP contribution in [0.1, 0.15) is 0 Å². The monoisotopic (exact) mass is 1140 g/mol. The predicted molar refractivity (Wildman–Crippen MR) is 243 cm³/mol. The van der Waals surface area contributed by atoms with Crippen LogP contribution in [0.15, 0.2) is 130 Å². The third kappa shape index (κ3) is 81.1. The maximum absolute atomic E-state index is 12.6. The van der Waals surface area contributed by atoms with E-state index in [9.17, 15) is 51.8 Å². The van der Waals surface area contributed by atoms with Gasteiger partial charge in [-0.3, -0.25) is 22.8 Å². The minimum absolute atomic E-state index is 0.0505. The molecule has 0 saturated heterocycles. The fraction of sp³-hybridized carbons (Fsp3) is 0.412. The molecule has 7 unspecified atom stereocenters. The van der Waals surface area contributed by atoms with Crippen molar-refractivity contribution in [3.05, 3.63) is 130 Å². The molecule has 71 heavy (non-hydrogen) atoms. The Morgan fingerprint density at radius 2 is 0.817 bits per heavy atom. The third-order valence-corrected chi connectivity index (χ3v) is 8.27. The normalized spacial score (nSPS) is 15.0. The smallest absolute Gasteiger partial charge is 0.319 e. The summed E-state index contributed by atoms with van der Waals surface area (Å²) in [5.74, 6) is -2.07. The molecule has 0 rings (SSSR count). The molecule has 7 atom stereocenters. The van der Waals surface area contributed by atoms with E-state index in [1.54, 1.807) is 0 Å². The van der Waals surface area contributed by atoms with Gasteiger partial charge in [-0.05, 0) is 17.1 Å². The van der Waals surface area contributed by atoms with Crippen molar-refractivity contribution >= 4 is 38.9 Å². The summed E-state index contributed by atoms with van der Waals surface area (Å²) in [6, 6.07) is 0. The maximum Gasteiger partial charge on any atom is 0.319 e. The first-order valence-corrected chi connectivity index (χ1v) is 25.9. The second-order valence-electron chi connectivity index (χ2n) is 9.06. The lowest BCUT2D eigenvalue weighted by Gasteiger charge is -2.27. The molecule has 0 amide bonds. The van der Waals surface area contributed by atoms with Crippen LogP contribution in [0.5, 0.6) is 0 Å². The number of rotatable bonds is 38. The van der Waals surface area contributed by atoms with Gasteiger partial charge in [0.2, 0.25) is 0 Å². The standard InChI is InChI=1S/C18H40FN2O29P5.8C2H4/c1-20-11-17(13-41-52(24,25)26)14-42-53(27,28)38-8-4-35-47-50-48-36-6-10-40-55(31,32)44-16-18(12-21-19)15-43-54(29,30)39-9-5-34-46-49-45-33-3-7-37-51(2,22)23;8*1-2/h3,6-7,10,17-18,20-21H,4-5,8-9,11-16H2,1-2H3,(H,22,23)(H,27,28)(H,29,30)(H,31,32)(H2,24,25,26);8*1-2H2/p-5/b7-3+,10-6+;;;;;;;;. The second kappa shape index (κ2) is 64.8. The van der Waals surface area contributed by atoms with E-state index in [4.69, 9.17) is 4.89 Å². The molecule has 0 radical (unpaired) electrons. The fourth-order valence-electron chi connectivity index (χ4n) is 2.48. The number of hydrogen-bond acceptors (Lipinski definition) is 30. The van der Waals surface area contributed by atoms with Crippen LogP contribution in [-0.2, 0) is 109 Å². The minimum atomic E-state index is -5.16. The SMILES string of the molecule is C=C.C=C.C=C.C=C.C=C.C=C.C=C.C=C.CNCC(COP(=O)([O-])O)COP(=O)([O-])OCCOOOOO/C=C/OP(=O)([O-])OCC(CNF)COP(=O)([O-])OCCOOOOO/C=C/OP(C)(=O)[O-]. The Morgan fingerprint density at radius 3 is 1.15 bits per heavy atom. The molecule has 0 aliphatic rings. The molecular weight excluding hydrogens is 1070 g/mol. The molecule has 0 aliphatic carbocycles. The Bertz CT molecular complexity index is 1430. The fourth-order valence-corrected chi connectivity index (χ4v) is 5.33. The summed E-state index contributed by atoms with van der Waals surface area (Å²) in [6.45, 7) is 42.7. The van der Waals surface area contributed by atoms with E-state index in [1.165, 1.54) is 7.05 Å². The van der Waals surface area contributed by atoms with Gasteiger partial charge in [-0.25, -0.2) is 9.78 Å². The van der Waals surface area contributed by atoms with Gasteiger partial charge >= 0.3 is 7.82 Å². The Kier molecular flexibility index (Phi) is 79.9. The Labute approximate surface area is 413 Å². The molecule has 31 nitrogen and oxygen atoms in total. The quantitative estimate of drug-likeness (QED) is 0.0150. The maximum atomic E-state index is 12.6. The predicted octanol–water partition coefficient (Wildman–Crippen LogP) is 3.94. The van der Waals surface area contributed by atoms with Gasteiger partial charge in [-0.15, -0.1) is 110 Å². The summed E-state index contributed by atoms with van der Waals surface area (Å²) in [6.07, 6.45) is 1.94. The molecule has 0 aliphatic heterocycles. The molecule has 0 bridgehead atoms. The van der Waals surface area contributed by atoms with E-state index >= 15 is 0 Å². The number of hydrogen-bond donors (Lipinski definition) is 3. The average Bonchev–Trinajstić information content (AvgIpc) is 3.36. The molecule has 424 valence electrons. The van der Waals surface area contributed by atoms with Gasteiger partial charge in [0.15, 0.2) is 20.1 Å². The van der Waals surface area contributed by atoms with Crippen LogP contribution in [0.2, 0.25) is 0 Å². The van der Waals surface area contributed by atoms with Gasteiger partial charge in [-0.1, -0.05) is 0 Å². The van der Waals surface area contributed by atoms with Crippen LogP contribution in [-0.4, -0.2) is 84.6 Å². The van der Waals surface area contributed by atoms with Crippen molar-refractivity contribution in [2.75, 3.05) is 79.7 Å². The van der Waals surface area contributed by atoms with Crippen molar-refractivity contribution in [3.63, 3.8) is 0 Å². The lowest BCUT2D eigenvalue weighted by Crippen LogP contribution is -2.28. The van der Waals surface area contributed by atoms with E-state index in [0.29, 0.717) is 25.0 Å². The highest BCUT2D eigenvalue weighted by molar-refractivity contribution is 7.50. The Balaban J connectivity index is -0.000000309. The summed E-state index contributed by atoms with van der Waals surface area (Å²) < 4.78 is 104. The molecule has 0 spiro atoms. The molecule has 0 saturated carbocycles. The second-order valence-corrected chi connectivity index (χ2v) is 16.2. The summed E-state index contributed by atoms with van der Waals surface area (Å²) >= 11 is 0. The largest absolute Gasteiger partial charge is 0.769 e. The highest BCUT2D eigenvalue weighted by Crippen LogP contribution is 2.41. The first-order valence-electron chi connectivity index (χ1n) is 18.0. The molecule has 0 fully saturated rings. The van der Waals surface area contributed by atoms with Crippen LogP contribution in [0.4, 0.5) is 4.48 Å². The van der Waals surface area contributed by atoms with Crippen molar-refractivity contribution in [2.24, 2.45) is 11.8 Å². The van der Waals surface area contributed by atoms with E-state index in [1.807, 2.05) is 0 Å². The number of nitrogens with one attached hydrogen (secondary N) is 2. The lowest BCUT2D eigenvalue weighted by molar-refractivity contribution is -0.700. The minimum Gasteiger partial charge on any atom is -0.769 e. The zero-order chi connectivity index (χ0) is 57.7. The zero-order valence-corrected chi connectivity index (χ0v) is 43.8. The number of phosphoric ester groups is 4. The van der Waals surface area contributed by atoms with E-state index in [-0.39, 0.29) is 6.54 Å². The summed E-state index contributed by atoms with van der Waals surface area (Å²) in [4.78, 5) is 82.3. The topological polar surface area (TPSA) is 411 Å². The van der Waals surface area contributed by atoms with Crippen molar-refractivity contribution in [2.45, 2.75) is 0 Å².